The van der Waals surface area contributed by atoms with Crippen LogP contribution >= 0.6 is 11.8 Å². The van der Waals surface area contributed by atoms with Crippen molar-refractivity contribution in [2.75, 3.05) is 12.4 Å². The van der Waals surface area contributed by atoms with Crippen molar-refractivity contribution in [1.82, 2.24) is 5.43 Å². The second-order valence-corrected chi connectivity index (χ2v) is 5.63. The van der Waals surface area contributed by atoms with Gasteiger partial charge in [0.2, 0.25) is 0 Å². The van der Waals surface area contributed by atoms with E-state index < -0.39 is 0 Å². The molecule has 1 heterocycles. The van der Waals surface area contributed by atoms with Gasteiger partial charge in [-0.3, -0.25) is 5.43 Å². The molecule has 112 valence electrons. The monoisotopic (exact) mass is 311 g/mol. The van der Waals surface area contributed by atoms with E-state index >= 15 is 0 Å². The van der Waals surface area contributed by atoms with E-state index in [0.29, 0.717) is 6.61 Å². The summed E-state index contributed by atoms with van der Waals surface area (Å²) < 4.78 is 5.42. The summed E-state index contributed by atoms with van der Waals surface area (Å²) in [6.45, 7) is 2.64. The second kappa shape index (κ2) is 7.13. The third-order valence-electron chi connectivity index (χ3n) is 3.12. The smallest absolute Gasteiger partial charge is 0.182 e. The lowest BCUT2D eigenvalue weighted by Crippen LogP contribution is -2.25. The number of ether oxygens (including phenoxy) is 1. The Morgan fingerprint density at radius 3 is 2.55 bits per heavy atom. The zero-order valence-corrected chi connectivity index (χ0v) is 13.1. The molecule has 0 spiro atoms. The average molecular weight is 311 g/mol. The van der Waals surface area contributed by atoms with Gasteiger partial charge < -0.3 is 4.74 Å². The molecule has 0 amide bonds. The highest BCUT2D eigenvalue weighted by Crippen LogP contribution is 2.21. The van der Waals surface area contributed by atoms with Gasteiger partial charge in [0.25, 0.3) is 0 Å². The average Bonchev–Trinajstić information content (AvgIpc) is 2.58. The first kappa shape index (κ1) is 14.7. The molecule has 1 aliphatic rings. The molecular formula is C17H17N3OS. The molecule has 4 nitrogen and oxygen atoms in total. The molecule has 0 aliphatic carbocycles. The number of hydrogen-bond donors (Lipinski definition) is 1. The van der Waals surface area contributed by atoms with Crippen LogP contribution in [-0.2, 0) is 0 Å². The van der Waals surface area contributed by atoms with Gasteiger partial charge in [-0.05, 0) is 36.8 Å². The fraction of sp³-hybridized carbons (Fsp3) is 0.176. The summed E-state index contributed by atoms with van der Waals surface area (Å²) >= 11 is 1.65. The lowest BCUT2D eigenvalue weighted by molar-refractivity contribution is 0.340. The first-order chi connectivity index (χ1) is 10.8. The van der Waals surface area contributed by atoms with Gasteiger partial charge >= 0.3 is 0 Å². The van der Waals surface area contributed by atoms with E-state index in [-0.39, 0.29) is 0 Å². The highest BCUT2D eigenvalue weighted by Gasteiger charge is 2.12. The normalized spacial score (nSPS) is 16.0. The molecule has 0 aromatic heterocycles. The SMILES string of the molecule is CCOc1ccc(N=C2NN=C(c3ccccc3)CS2)cc1. The number of nitrogens with one attached hydrogen (secondary N) is 1. The highest BCUT2D eigenvalue weighted by molar-refractivity contribution is 8.14. The number of thioether (sulfide) groups is 1. The van der Waals surface area contributed by atoms with Crippen LogP contribution in [0.4, 0.5) is 5.69 Å². The maximum absolute atomic E-state index is 5.42. The maximum Gasteiger partial charge on any atom is 0.182 e. The third kappa shape index (κ3) is 3.68. The first-order valence-electron chi connectivity index (χ1n) is 7.17. The Morgan fingerprint density at radius 1 is 1.14 bits per heavy atom. The molecule has 1 N–H and O–H groups in total. The van der Waals surface area contributed by atoms with Gasteiger partial charge in [-0.25, -0.2) is 4.99 Å². The number of hydrogen-bond acceptors (Lipinski definition) is 4. The highest BCUT2D eigenvalue weighted by atomic mass is 32.2. The number of nitrogens with zero attached hydrogens (tertiary/aromatic N) is 2. The van der Waals surface area contributed by atoms with E-state index in [2.05, 4.69) is 27.7 Å². The summed E-state index contributed by atoms with van der Waals surface area (Å²) in [5.41, 5.74) is 6.09. The molecule has 0 saturated heterocycles. The Kier molecular flexibility index (Phi) is 4.75. The van der Waals surface area contributed by atoms with E-state index in [0.717, 1.165) is 33.6 Å². The molecule has 5 heteroatoms. The van der Waals surface area contributed by atoms with E-state index in [1.165, 1.54) is 0 Å². The topological polar surface area (TPSA) is 46.0 Å². The van der Waals surface area contributed by atoms with Crippen LogP contribution < -0.4 is 10.2 Å². The molecule has 0 fully saturated rings. The quantitative estimate of drug-likeness (QED) is 0.934. The number of rotatable bonds is 4. The fourth-order valence-corrected chi connectivity index (χ4v) is 2.84. The lowest BCUT2D eigenvalue weighted by Gasteiger charge is -2.14. The number of aliphatic imine (C=N–C) groups is 1. The molecule has 0 atom stereocenters. The van der Waals surface area contributed by atoms with Crippen LogP contribution in [0.5, 0.6) is 5.75 Å². The molecule has 1 aliphatic heterocycles. The zero-order valence-electron chi connectivity index (χ0n) is 12.3. The van der Waals surface area contributed by atoms with E-state index in [1.54, 1.807) is 11.8 Å². The third-order valence-corrected chi connectivity index (χ3v) is 3.99. The molecular weight excluding hydrogens is 294 g/mol. The Labute approximate surface area is 134 Å². The van der Waals surface area contributed by atoms with Crippen molar-refractivity contribution in [3.05, 3.63) is 60.2 Å². The van der Waals surface area contributed by atoms with Crippen LogP contribution in [-0.4, -0.2) is 23.2 Å². The van der Waals surface area contributed by atoms with Crippen molar-refractivity contribution in [3.8, 4) is 5.75 Å². The molecule has 0 bridgehead atoms. The molecule has 2 aromatic carbocycles. The number of amidine groups is 1. The van der Waals surface area contributed by atoms with E-state index in [1.807, 2.05) is 49.4 Å². The lowest BCUT2D eigenvalue weighted by atomic mass is 10.1. The van der Waals surface area contributed by atoms with Crippen LogP contribution in [0.2, 0.25) is 0 Å². The van der Waals surface area contributed by atoms with Crippen molar-refractivity contribution >= 4 is 28.3 Å². The Bertz CT molecular complexity index is 681. The van der Waals surface area contributed by atoms with Gasteiger partial charge in [-0.2, -0.15) is 5.10 Å². The van der Waals surface area contributed by atoms with Crippen LogP contribution in [0.1, 0.15) is 12.5 Å². The van der Waals surface area contributed by atoms with E-state index in [4.69, 9.17) is 4.74 Å². The van der Waals surface area contributed by atoms with Crippen LogP contribution in [0.3, 0.4) is 0 Å². The Balaban J connectivity index is 1.68. The fourth-order valence-electron chi connectivity index (χ4n) is 2.05. The largest absolute Gasteiger partial charge is 0.494 e. The van der Waals surface area contributed by atoms with Gasteiger partial charge in [0.15, 0.2) is 5.17 Å². The van der Waals surface area contributed by atoms with Crippen molar-refractivity contribution in [1.29, 1.82) is 0 Å². The molecule has 0 unspecified atom stereocenters. The van der Waals surface area contributed by atoms with E-state index in [9.17, 15) is 0 Å². The summed E-state index contributed by atoms with van der Waals surface area (Å²) in [5.74, 6) is 1.67. The minimum atomic E-state index is 0.669. The predicted octanol–water partition coefficient (Wildman–Crippen LogP) is 3.81. The molecule has 0 saturated carbocycles. The minimum absolute atomic E-state index is 0.669. The van der Waals surface area contributed by atoms with Crippen molar-refractivity contribution in [2.24, 2.45) is 10.1 Å². The second-order valence-electron chi connectivity index (χ2n) is 4.67. The molecule has 22 heavy (non-hydrogen) atoms. The van der Waals surface area contributed by atoms with Crippen LogP contribution in [0.25, 0.3) is 0 Å². The Hall–Kier alpha value is -2.27. The molecule has 3 rings (SSSR count). The van der Waals surface area contributed by atoms with Crippen LogP contribution in [0, 0.1) is 0 Å². The zero-order chi connectivity index (χ0) is 15.2. The summed E-state index contributed by atoms with van der Waals surface area (Å²) in [4.78, 5) is 4.55. The number of hydrazone groups is 1. The van der Waals surface area contributed by atoms with Crippen LogP contribution in [0.15, 0.2) is 64.7 Å². The van der Waals surface area contributed by atoms with Crippen molar-refractivity contribution in [2.45, 2.75) is 6.92 Å². The van der Waals surface area contributed by atoms with Gasteiger partial charge in [0, 0.05) is 5.75 Å². The summed E-state index contributed by atoms with van der Waals surface area (Å²) in [6.07, 6.45) is 0. The van der Waals surface area contributed by atoms with Gasteiger partial charge in [0.05, 0.1) is 18.0 Å². The van der Waals surface area contributed by atoms with Gasteiger partial charge in [0.1, 0.15) is 5.75 Å². The van der Waals surface area contributed by atoms with Crippen molar-refractivity contribution < 1.29 is 4.74 Å². The number of benzene rings is 2. The Morgan fingerprint density at radius 2 is 1.91 bits per heavy atom. The maximum atomic E-state index is 5.42. The van der Waals surface area contributed by atoms with Gasteiger partial charge in [-0.1, -0.05) is 42.1 Å². The summed E-state index contributed by atoms with van der Waals surface area (Å²) in [7, 11) is 0. The predicted molar refractivity (Wildman–Crippen MR) is 93.3 cm³/mol. The summed E-state index contributed by atoms with van der Waals surface area (Å²) in [5, 5.41) is 5.22. The summed E-state index contributed by atoms with van der Waals surface area (Å²) in [6, 6.07) is 17.9. The standard InChI is InChI=1S/C17H17N3OS/c1-2-21-15-10-8-14(9-11-15)18-17-20-19-16(12-22-17)13-6-4-3-5-7-13/h3-11H,2,12H2,1H3,(H,18,20). The molecule has 2 aromatic rings. The van der Waals surface area contributed by atoms with Gasteiger partial charge in [-0.15, -0.1) is 0 Å². The molecule has 0 radical (unpaired) electrons. The minimum Gasteiger partial charge on any atom is -0.494 e. The first-order valence-corrected chi connectivity index (χ1v) is 8.16. The van der Waals surface area contributed by atoms with Crippen molar-refractivity contribution in [3.63, 3.8) is 0 Å².